The molecule has 0 spiro atoms. The number of methoxy groups -OCH3 is 1. The third-order valence-corrected chi connectivity index (χ3v) is 5.45. The highest BCUT2D eigenvalue weighted by Crippen LogP contribution is 2.31. The molecule has 148 valence electrons. The zero-order chi connectivity index (χ0) is 20.4. The predicted molar refractivity (Wildman–Crippen MR) is 108 cm³/mol. The Hall–Kier alpha value is -3.39. The van der Waals surface area contributed by atoms with E-state index in [1.165, 1.54) is 18.4 Å². The Kier molecular flexibility index (Phi) is 5.18. The fourth-order valence-corrected chi connectivity index (χ4v) is 4.10. The summed E-state index contributed by atoms with van der Waals surface area (Å²) >= 11 is 1.31. The van der Waals surface area contributed by atoms with Crippen molar-refractivity contribution in [2.24, 2.45) is 4.99 Å². The first-order valence-electron chi connectivity index (χ1n) is 8.90. The minimum atomic E-state index is -0.821. The predicted octanol–water partition coefficient (Wildman–Crippen LogP) is 2.94. The lowest BCUT2D eigenvalue weighted by Gasteiger charge is -2.23. The maximum absolute atomic E-state index is 12.8. The topological polar surface area (TPSA) is 79.1 Å². The van der Waals surface area contributed by atoms with Crippen molar-refractivity contribution in [1.29, 1.82) is 0 Å². The average Bonchev–Trinajstić information content (AvgIpc) is 3.09. The van der Waals surface area contributed by atoms with Crippen molar-refractivity contribution >= 4 is 33.4 Å². The molecule has 29 heavy (non-hydrogen) atoms. The van der Waals surface area contributed by atoms with Gasteiger partial charge < -0.3 is 18.8 Å². The third kappa shape index (κ3) is 3.66. The van der Waals surface area contributed by atoms with Crippen LogP contribution in [0.3, 0.4) is 0 Å². The van der Waals surface area contributed by atoms with Crippen molar-refractivity contribution in [2.45, 2.75) is 12.6 Å². The molecule has 0 radical (unpaired) electrons. The van der Waals surface area contributed by atoms with Crippen LogP contribution in [-0.4, -0.2) is 36.3 Å². The first kappa shape index (κ1) is 18.9. The van der Waals surface area contributed by atoms with E-state index >= 15 is 0 Å². The Balaban J connectivity index is 1.71. The largest absolute Gasteiger partial charge is 0.485 e. The van der Waals surface area contributed by atoms with Crippen LogP contribution in [0.2, 0.25) is 0 Å². The van der Waals surface area contributed by atoms with Crippen LogP contribution in [0.5, 0.6) is 11.5 Å². The molecule has 2 aromatic carbocycles. The van der Waals surface area contributed by atoms with Crippen LogP contribution in [0, 0.1) is 0 Å². The van der Waals surface area contributed by atoms with E-state index in [2.05, 4.69) is 11.6 Å². The lowest BCUT2D eigenvalue weighted by atomic mass is 10.2. The molecule has 1 atom stereocenters. The van der Waals surface area contributed by atoms with Crippen molar-refractivity contribution in [3.63, 3.8) is 0 Å². The number of amides is 1. The van der Waals surface area contributed by atoms with Gasteiger partial charge in [0.05, 0.1) is 22.9 Å². The summed E-state index contributed by atoms with van der Waals surface area (Å²) in [5.41, 5.74) is 1.28. The highest BCUT2D eigenvalue weighted by Gasteiger charge is 2.27. The van der Waals surface area contributed by atoms with E-state index in [0.717, 1.165) is 10.2 Å². The van der Waals surface area contributed by atoms with E-state index in [0.29, 0.717) is 28.4 Å². The number of carbonyl (C=O) groups is 2. The van der Waals surface area contributed by atoms with Crippen LogP contribution in [0.4, 0.5) is 0 Å². The monoisotopic (exact) mass is 410 g/mol. The Morgan fingerprint density at radius 3 is 2.86 bits per heavy atom. The normalized spacial score (nSPS) is 15.9. The van der Waals surface area contributed by atoms with E-state index in [4.69, 9.17) is 14.2 Å². The summed E-state index contributed by atoms with van der Waals surface area (Å²) in [6.45, 7) is 4.34. The number of nitrogens with zero attached hydrogens (tertiary/aromatic N) is 2. The van der Waals surface area contributed by atoms with Gasteiger partial charge in [0, 0.05) is 6.54 Å². The lowest BCUT2D eigenvalue weighted by molar-refractivity contribution is -0.127. The van der Waals surface area contributed by atoms with Gasteiger partial charge in [-0.2, -0.15) is 4.99 Å². The molecule has 0 saturated carbocycles. The minimum absolute atomic E-state index is 0.0954. The van der Waals surface area contributed by atoms with Gasteiger partial charge in [-0.05, 0) is 30.3 Å². The van der Waals surface area contributed by atoms with Crippen LogP contribution < -0.4 is 14.3 Å². The summed E-state index contributed by atoms with van der Waals surface area (Å²) in [6.07, 6.45) is 0.901. The average molecular weight is 410 g/mol. The SMILES string of the molecule is C=CCn1c(=NC(=O)[C@H]2COc3ccccc3O2)sc2cc(C(=O)OC)ccc21. The zero-order valence-electron chi connectivity index (χ0n) is 15.7. The molecule has 0 bridgehead atoms. The molecule has 1 aliphatic heterocycles. The maximum atomic E-state index is 12.8. The van der Waals surface area contributed by atoms with Crippen LogP contribution >= 0.6 is 11.3 Å². The molecule has 4 rings (SSSR count). The number of carbonyl (C=O) groups excluding carboxylic acids is 2. The fraction of sp³-hybridized carbons (Fsp3) is 0.190. The van der Waals surface area contributed by atoms with Crippen molar-refractivity contribution in [1.82, 2.24) is 4.57 Å². The second-order valence-electron chi connectivity index (χ2n) is 6.27. The number of thiazole rings is 1. The summed E-state index contributed by atoms with van der Waals surface area (Å²) in [5.74, 6) is 0.273. The van der Waals surface area contributed by atoms with E-state index in [1.807, 2.05) is 22.8 Å². The molecule has 0 aliphatic carbocycles. The fourth-order valence-electron chi connectivity index (χ4n) is 3.02. The van der Waals surface area contributed by atoms with Crippen LogP contribution in [-0.2, 0) is 16.1 Å². The van der Waals surface area contributed by atoms with E-state index < -0.39 is 18.0 Å². The molecule has 7 nitrogen and oxygen atoms in total. The number of aromatic nitrogens is 1. The molecule has 1 aliphatic rings. The molecule has 0 fully saturated rings. The molecule has 2 heterocycles. The second kappa shape index (κ2) is 7.92. The molecule has 0 N–H and O–H groups in total. The summed E-state index contributed by atoms with van der Waals surface area (Å²) in [5, 5.41) is 0. The van der Waals surface area contributed by atoms with Crippen molar-refractivity contribution in [2.75, 3.05) is 13.7 Å². The molecule has 1 amide bonds. The Bertz CT molecular complexity index is 1180. The van der Waals surface area contributed by atoms with Gasteiger partial charge in [0.2, 0.25) is 6.10 Å². The summed E-state index contributed by atoms with van der Waals surface area (Å²) < 4.78 is 18.8. The van der Waals surface area contributed by atoms with Crippen molar-refractivity contribution in [3.8, 4) is 11.5 Å². The van der Waals surface area contributed by atoms with E-state index in [-0.39, 0.29) is 6.61 Å². The Morgan fingerprint density at radius 2 is 2.10 bits per heavy atom. The Morgan fingerprint density at radius 1 is 1.31 bits per heavy atom. The smallest absolute Gasteiger partial charge is 0.337 e. The van der Waals surface area contributed by atoms with Crippen LogP contribution in [0.25, 0.3) is 10.2 Å². The first-order valence-corrected chi connectivity index (χ1v) is 9.72. The highest BCUT2D eigenvalue weighted by atomic mass is 32.1. The number of benzene rings is 2. The second-order valence-corrected chi connectivity index (χ2v) is 7.28. The number of ether oxygens (including phenoxy) is 3. The summed E-state index contributed by atoms with van der Waals surface area (Å²) in [4.78, 5) is 29.3. The van der Waals surface area contributed by atoms with Crippen molar-refractivity contribution < 1.29 is 23.8 Å². The minimum Gasteiger partial charge on any atom is -0.485 e. The molecular weight excluding hydrogens is 392 g/mol. The van der Waals surface area contributed by atoms with Crippen LogP contribution in [0.15, 0.2) is 60.1 Å². The molecule has 8 heteroatoms. The number of para-hydroxylation sites is 2. The molecule has 3 aromatic rings. The summed E-state index contributed by atoms with van der Waals surface area (Å²) in [7, 11) is 1.34. The molecule has 0 unspecified atom stereocenters. The van der Waals surface area contributed by atoms with Gasteiger partial charge >= 0.3 is 5.97 Å². The molecular formula is C21H18N2O5S. The number of rotatable bonds is 4. The number of esters is 1. The third-order valence-electron chi connectivity index (χ3n) is 4.41. The molecule has 0 saturated heterocycles. The zero-order valence-corrected chi connectivity index (χ0v) is 16.5. The lowest BCUT2D eigenvalue weighted by Crippen LogP contribution is -2.36. The van der Waals surface area contributed by atoms with Crippen LogP contribution in [0.1, 0.15) is 10.4 Å². The van der Waals surface area contributed by atoms with Gasteiger partial charge in [0.1, 0.15) is 6.61 Å². The van der Waals surface area contributed by atoms with Gasteiger partial charge in [0.15, 0.2) is 16.3 Å². The maximum Gasteiger partial charge on any atom is 0.337 e. The standard InChI is InChI=1S/C21H18N2O5S/c1-3-10-23-14-9-8-13(20(25)26-2)11-18(14)29-21(23)22-19(24)17-12-27-15-6-4-5-7-16(15)28-17/h3-9,11,17H,1,10,12H2,2H3/t17-/m1/s1. The number of hydrogen-bond acceptors (Lipinski definition) is 6. The van der Waals surface area contributed by atoms with Gasteiger partial charge in [0.25, 0.3) is 5.91 Å². The van der Waals surface area contributed by atoms with Gasteiger partial charge in [-0.1, -0.05) is 29.5 Å². The Labute approximate surface area is 170 Å². The van der Waals surface area contributed by atoms with Gasteiger partial charge in [-0.25, -0.2) is 4.79 Å². The number of hydrogen-bond donors (Lipinski definition) is 0. The van der Waals surface area contributed by atoms with Gasteiger partial charge in [-0.15, -0.1) is 6.58 Å². The molecule has 1 aromatic heterocycles. The summed E-state index contributed by atoms with van der Waals surface area (Å²) in [6, 6.07) is 12.4. The quantitative estimate of drug-likeness (QED) is 0.488. The van der Waals surface area contributed by atoms with E-state index in [9.17, 15) is 9.59 Å². The first-order chi connectivity index (χ1) is 14.1. The van der Waals surface area contributed by atoms with E-state index in [1.54, 1.807) is 30.3 Å². The number of fused-ring (bicyclic) bond motifs is 2. The highest BCUT2D eigenvalue weighted by molar-refractivity contribution is 7.16. The van der Waals surface area contributed by atoms with Crippen molar-refractivity contribution in [3.05, 3.63) is 65.5 Å². The number of allylic oxidation sites excluding steroid dienone is 1. The van der Waals surface area contributed by atoms with Gasteiger partial charge in [-0.3, -0.25) is 4.79 Å².